The molecule has 1 aromatic carbocycles. The summed E-state index contributed by atoms with van der Waals surface area (Å²) in [5.74, 6) is -0.646. The number of esters is 1. The number of methoxy groups -OCH3 is 1. The minimum Gasteiger partial charge on any atom is -0.467 e. The maximum Gasteiger partial charge on any atom is 0.340 e. The lowest BCUT2D eigenvalue weighted by Gasteiger charge is -2.09. The topological polar surface area (TPSA) is 51.5 Å². The number of hydrogen-bond donors (Lipinski definition) is 1. The standard InChI is InChI=1S/C13H15NO3/c1-8-4-5-10-9(6-8)7-11(14(10)2)12(15)13(16)17-3/h4-7,12,15H,1-3H3. The number of hydrogen-bond acceptors (Lipinski definition) is 3. The maximum atomic E-state index is 11.3. The molecule has 0 aliphatic carbocycles. The monoisotopic (exact) mass is 233 g/mol. The number of carbonyl (C=O) groups is 1. The van der Waals surface area contributed by atoms with Crippen LogP contribution in [0.3, 0.4) is 0 Å². The molecule has 0 saturated carbocycles. The zero-order valence-corrected chi connectivity index (χ0v) is 10.1. The van der Waals surface area contributed by atoms with Gasteiger partial charge in [-0.05, 0) is 25.1 Å². The van der Waals surface area contributed by atoms with Gasteiger partial charge in [-0.3, -0.25) is 0 Å². The van der Waals surface area contributed by atoms with Gasteiger partial charge in [0, 0.05) is 18.0 Å². The Morgan fingerprint density at radius 1 is 1.41 bits per heavy atom. The molecule has 0 spiro atoms. The van der Waals surface area contributed by atoms with Gasteiger partial charge >= 0.3 is 5.97 Å². The maximum absolute atomic E-state index is 11.3. The number of aromatic nitrogens is 1. The van der Waals surface area contributed by atoms with Gasteiger partial charge in [-0.1, -0.05) is 11.6 Å². The highest BCUT2D eigenvalue weighted by Crippen LogP contribution is 2.24. The molecule has 90 valence electrons. The highest BCUT2D eigenvalue weighted by atomic mass is 16.5. The average Bonchev–Trinajstić information content (AvgIpc) is 2.64. The fourth-order valence-electron chi connectivity index (χ4n) is 1.98. The molecule has 0 amide bonds. The summed E-state index contributed by atoms with van der Waals surface area (Å²) in [5, 5.41) is 10.8. The van der Waals surface area contributed by atoms with E-state index in [1.165, 1.54) is 7.11 Å². The lowest BCUT2D eigenvalue weighted by Crippen LogP contribution is -2.16. The summed E-state index contributed by atoms with van der Waals surface area (Å²) in [6.07, 6.45) is -1.24. The fourth-order valence-corrected chi connectivity index (χ4v) is 1.98. The molecule has 2 rings (SSSR count). The summed E-state index contributed by atoms with van der Waals surface area (Å²) < 4.78 is 6.34. The molecule has 0 aliphatic rings. The lowest BCUT2D eigenvalue weighted by molar-refractivity contribution is -0.151. The minimum absolute atomic E-state index is 0.539. The second-order valence-electron chi connectivity index (χ2n) is 4.12. The molecule has 2 aromatic rings. The Labute approximate surface area is 99.4 Å². The quantitative estimate of drug-likeness (QED) is 0.803. The van der Waals surface area contributed by atoms with Gasteiger partial charge in [0.25, 0.3) is 0 Å². The van der Waals surface area contributed by atoms with E-state index >= 15 is 0 Å². The van der Waals surface area contributed by atoms with E-state index in [1.54, 1.807) is 4.57 Å². The summed E-state index contributed by atoms with van der Waals surface area (Å²) in [6.45, 7) is 2.00. The number of fused-ring (bicyclic) bond motifs is 1. The van der Waals surface area contributed by atoms with E-state index < -0.39 is 12.1 Å². The molecule has 1 aromatic heterocycles. The number of ether oxygens (including phenoxy) is 1. The first-order valence-corrected chi connectivity index (χ1v) is 5.36. The van der Waals surface area contributed by atoms with E-state index in [4.69, 9.17) is 0 Å². The molecule has 1 heterocycles. The first-order chi connectivity index (χ1) is 8.04. The zero-order chi connectivity index (χ0) is 12.6. The predicted octanol–water partition coefficient (Wildman–Crippen LogP) is 1.69. The summed E-state index contributed by atoms with van der Waals surface area (Å²) >= 11 is 0. The van der Waals surface area contributed by atoms with Crippen molar-refractivity contribution in [2.45, 2.75) is 13.0 Å². The second kappa shape index (κ2) is 4.22. The molecule has 1 unspecified atom stereocenters. The minimum atomic E-state index is -1.24. The van der Waals surface area contributed by atoms with Crippen LogP contribution in [0.15, 0.2) is 24.3 Å². The van der Waals surface area contributed by atoms with Crippen molar-refractivity contribution in [1.29, 1.82) is 0 Å². The molecule has 4 heteroatoms. The van der Waals surface area contributed by atoms with Gasteiger partial charge in [0.1, 0.15) is 0 Å². The predicted molar refractivity (Wildman–Crippen MR) is 64.6 cm³/mol. The molecule has 0 radical (unpaired) electrons. The van der Waals surface area contributed by atoms with Crippen molar-refractivity contribution < 1.29 is 14.6 Å². The third kappa shape index (κ3) is 1.91. The van der Waals surface area contributed by atoms with Crippen molar-refractivity contribution in [2.75, 3.05) is 7.11 Å². The van der Waals surface area contributed by atoms with Crippen LogP contribution < -0.4 is 0 Å². The third-order valence-corrected chi connectivity index (χ3v) is 2.94. The Balaban J connectivity index is 2.55. The summed E-state index contributed by atoms with van der Waals surface area (Å²) in [4.78, 5) is 11.3. The van der Waals surface area contributed by atoms with Crippen LogP contribution in [-0.2, 0) is 16.6 Å². The van der Waals surface area contributed by atoms with Crippen LogP contribution >= 0.6 is 0 Å². The van der Waals surface area contributed by atoms with Crippen LogP contribution in [0.1, 0.15) is 17.4 Å². The summed E-state index contributed by atoms with van der Waals surface area (Å²) in [6, 6.07) is 7.79. The van der Waals surface area contributed by atoms with Gasteiger partial charge in [-0.15, -0.1) is 0 Å². The SMILES string of the molecule is COC(=O)C(O)c1cc2cc(C)ccc2n1C. The Hall–Kier alpha value is -1.81. The van der Waals surface area contributed by atoms with Gasteiger partial charge in [0.15, 0.2) is 6.10 Å². The molecular formula is C13H15NO3. The fraction of sp³-hybridized carbons (Fsp3) is 0.308. The van der Waals surface area contributed by atoms with Crippen LogP contribution in [0.4, 0.5) is 0 Å². The van der Waals surface area contributed by atoms with Gasteiger partial charge < -0.3 is 14.4 Å². The van der Waals surface area contributed by atoms with Gasteiger partial charge in [-0.2, -0.15) is 0 Å². The van der Waals surface area contributed by atoms with Crippen molar-refractivity contribution in [3.05, 3.63) is 35.5 Å². The Bertz CT molecular complexity index is 571. The van der Waals surface area contributed by atoms with Crippen LogP contribution in [0.25, 0.3) is 10.9 Å². The molecule has 0 bridgehead atoms. The lowest BCUT2D eigenvalue weighted by atomic mass is 10.2. The number of aliphatic hydroxyl groups excluding tert-OH is 1. The molecule has 0 saturated heterocycles. The average molecular weight is 233 g/mol. The smallest absolute Gasteiger partial charge is 0.340 e. The third-order valence-electron chi connectivity index (χ3n) is 2.94. The van der Waals surface area contributed by atoms with Crippen molar-refractivity contribution in [3.8, 4) is 0 Å². The number of aliphatic hydroxyl groups is 1. The van der Waals surface area contributed by atoms with E-state index in [1.807, 2.05) is 38.2 Å². The van der Waals surface area contributed by atoms with Crippen LogP contribution in [-0.4, -0.2) is 22.8 Å². The molecule has 4 nitrogen and oxygen atoms in total. The number of benzene rings is 1. The van der Waals surface area contributed by atoms with Crippen molar-refractivity contribution >= 4 is 16.9 Å². The van der Waals surface area contributed by atoms with E-state index in [9.17, 15) is 9.90 Å². The molecular weight excluding hydrogens is 218 g/mol. The zero-order valence-electron chi connectivity index (χ0n) is 10.1. The van der Waals surface area contributed by atoms with E-state index in [0.717, 1.165) is 16.5 Å². The highest BCUT2D eigenvalue weighted by molar-refractivity contribution is 5.85. The van der Waals surface area contributed by atoms with Gasteiger partial charge in [0.2, 0.25) is 0 Å². The highest BCUT2D eigenvalue weighted by Gasteiger charge is 2.22. The van der Waals surface area contributed by atoms with E-state index in [-0.39, 0.29) is 0 Å². The largest absolute Gasteiger partial charge is 0.467 e. The molecule has 1 N–H and O–H groups in total. The Kier molecular flexibility index (Phi) is 2.90. The van der Waals surface area contributed by atoms with E-state index in [0.29, 0.717) is 5.69 Å². The van der Waals surface area contributed by atoms with Crippen LogP contribution in [0, 0.1) is 6.92 Å². The first-order valence-electron chi connectivity index (χ1n) is 5.36. The Morgan fingerprint density at radius 3 is 2.76 bits per heavy atom. The van der Waals surface area contributed by atoms with Crippen molar-refractivity contribution in [2.24, 2.45) is 7.05 Å². The first kappa shape index (κ1) is 11.7. The normalized spacial score (nSPS) is 12.7. The Morgan fingerprint density at radius 2 is 2.12 bits per heavy atom. The van der Waals surface area contributed by atoms with E-state index in [2.05, 4.69) is 4.74 Å². The molecule has 0 fully saturated rings. The van der Waals surface area contributed by atoms with Crippen molar-refractivity contribution in [1.82, 2.24) is 4.57 Å². The summed E-state index contributed by atoms with van der Waals surface area (Å²) in [7, 11) is 3.08. The number of rotatable bonds is 2. The van der Waals surface area contributed by atoms with Crippen molar-refractivity contribution in [3.63, 3.8) is 0 Å². The van der Waals surface area contributed by atoms with Gasteiger partial charge in [-0.25, -0.2) is 4.79 Å². The molecule has 0 aliphatic heterocycles. The number of carbonyl (C=O) groups excluding carboxylic acids is 1. The van der Waals surface area contributed by atoms with Crippen LogP contribution in [0.5, 0.6) is 0 Å². The molecule has 17 heavy (non-hydrogen) atoms. The molecule has 1 atom stereocenters. The van der Waals surface area contributed by atoms with Crippen LogP contribution in [0.2, 0.25) is 0 Å². The summed E-state index contributed by atoms with van der Waals surface area (Å²) in [5.41, 5.74) is 2.66. The second-order valence-corrected chi connectivity index (χ2v) is 4.12. The number of nitrogens with zero attached hydrogens (tertiary/aromatic N) is 1. The van der Waals surface area contributed by atoms with Gasteiger partial charge in [0.05, 0.1) is 12.8 Å². The number of aryl methyl sites for hydroxylation is 2.